The molecule has 0 aromatic heterocycles. The summed E-state index contributed by atoms with van der Waals surface area (Å²) in [4.78, 5) is 13.5. The number of carbonyl (C=O) groups is 1. The van der Waals surface area contributed by atoms with Crippen LogP contribution in [0.1, 0.15) is 69.4 Å². The molecule has 0 saturated carbocycles. The first-order chi connectivity index (χ1) is 11.9. The standard InChI is InChI=1S/C24H30O2/c1-15-12-13-16(2)18(14-15)24(23(6,7)8)20-17(22(3,4)5)10-9-11-19(20)26-21(24)25/h9-14H,1-8H3. The molecule has 0 bridgehead atoms. The minimum Gasteiger partial charge on any atom is -0.425 e. The lowest BCUT2D eigenvalue weighted by atomic mass is 9.56. The lowest BCUT2D eigenvalue weighted by molar-refractivity contribution is -0.140. The summed E-state index contributed by atoms with van der Waals surface area (Å²) in [7, 11) is 0. The van der Waals surface area contributed by atoms with E-state index < -0.39 is 5.41 Å². The topological polar surface area (TPSA) is 26.3 Å². The molecule has 26 heavy (non-hydrogen) atoms. The molecule has 1 unspecified atom stereocenters. The second-order valence-corrected chi connectivity index (χ2v) is 9.64. The van der Waals surface area contributed by atoms with E-state index in [2.05, 4.69) is 79.7 Å². The molecular formula is C24H30O2. The van der Waals surface area contributed by atoms with Gasteiger partial charge in [-0.25, -0.2) is 0 Å². The fraction of sp³-hybridized carbons (Fsp3) is 0.458. The van der Waals surface area contributed by atoms with E-state index in [0.717, 1.165) is 22.3 Å². The molecule has 0 amide bonds. The van der Waals surface area contributed by atoms with Gasteiger partial charge in [-0.05, 0) is 47.4 Å². The lowest BCUT2D eigenvalue weighted by Gasteiger charge is -2.42. The van der Waals surface area contributed by atoms with Crippen molar-refractivity contribution in [2.45, 2.75) is 66.2 Å². The zero-order valence-electron chi connectivity index (χ0n) is 17.3. The van der Waals surface area contributed by atoms with Crippen LogP contribution in [0.2, 0.25) is 0 Å². The number of carbonyl (C=O) groups excluding carboxylic acids is 1. The van der Waals surface area contributed by atoms with Gasteiger partial charge >= 0.3 is 5.97 Å². The van der Waals surface area contributed by atoms with E-state index in [1.807, 2.05) is 12.1 Å². The third-order valence-electron chi connectivity index (χ3n) is 5.64. The number of hydrogen-bond acceptors (Lipinski definition) is 2. The van der Waals surface area contributed by atoms with Gasteiger partial charge in [-0.15, -0.1) is 0 Å². The number of fused-ring (bicyclic) bond motifs is 1. The van der Waals surface area contributed by atoms with Crippen molar-refractivity contribution in [1.82, 2.24) is 0 Å². The van der Waals surface area contributed by atoms with Gasteiger partial charge in [-0.1, -0.05) is 77.4 Å². The molecule has 0 N–H and O–H groups in total. The Kier molecular flexibility index (Phi) is 4.10. The maximum absolute atomic E-state index is 13.5. The minimum absolute atomic E-state index is 0.0897. The van der Waals surface area contributed by atoms with Crippen molar-refractivity contribution in [3.05, 3.63) is 64.2 Å². The minimum atomic E-state index is -0.817. The zero-order valence-corrected chi connectivity index (χ0v) is 17.3. The van der Waals surface area contributed by atoms with E-state index in [0.29, 0.717) is 5.75 Å². The number of rotatable bonds is 1. The van der Waals surface area contributed by atoms with Gasteiger partial charge in [0.2, 0.25) is 0 Å². The van der Waals surface area contributed by atoms with Crippen LogP contribution in [0.25, 0.3) is 0 Å². The van der Waals surface area contributed by atoms with Crippen LogP contribution in [0.4, 0.5) is 0 Å². The van der Waals surface area contributed by atoms with Crippen molar-refractivity contribution < 1.29 is 9.53 Å². The second kappa shape index (κ2) is 5.70. The fourth-order valence-corrected chi connectivity index (χ4v) is 4.38. The van der Waals surface area contributed by atoms with E-state index in [-0.39, 0.29) is 16.8 Å². The number of ether oxygens (including phenoxy) is 1. The van der Waals surface area contributed by atoms with Gasteiger partial charge in [0, 0.05) is 5.56 Å². The maximum atomic E-state index is 13.5. The highest BCUT2D eigenvalue weighted by molar-refractivity contribution is 5.96. The summed E-state index contributed by atoms with van der Waals surface area (Å²) in [5, 5.41) is 0. The van der Waals surface area contributed by atoms with Gasteiger partial charge in [-0.2, -0.15) is 0 Å². The van der Waals surface area contributed by atoms with Crippen LogP contribution >= 0.6 is 0 Å². The largest absolute Gasteiger partial charge is 0.425 e. The Morgan fingerprint density at radius 2 is 1.58 bits per heavy atom. The zero-order chi connectivity index (χ0) is 19.5. The van der Waals surface area contributed by atoms with Crippen LogP contribution < -0.4 is 4.74 Å². The highest BCUT2D eigenvalue weighted by atomic mass is 16.5. The number of hydrogen-bond donors (Lipinski definition) is 0. The average Bonchev–Trinajstić information content (AvgIpc) is 2.81. The molecule has 0 radical (unpaired) electrons. The molecule has 138 valence electrons. The number of esters is 1. The van der Waals surface area contributed by atoms with Crippen molar-refractivity contribution in [3.8, 4) is 5.75 Å². The SMILES string of the molecule is Cc1ccc(C)c(C2(C(C)(C)C)C(=O)Oc3cccc(C(C)(C)C)c32)c1. The van der Waals surface area contributed by atoms with Gasteiger partial charge < -0.3 is 4.74 Å². The second-order valence-electron chi connectivity index (χ2n) is 9.64. The van der Waals surface area contributed by atoms with Crippen molar-refractivity contribution >= 4 is 5.97 Å². The van der Waals surface area contributed by atoms with Gasteiger partial charge in [0.05, 0.1) is 0 Å². The average molecular weight is 351 g/mol. The van der Waals surface area contributed by atoms with E-state index in [4.69, 9.17) is 4.74 Å². The summed E-state index contributed by atoms with van der Waals surface area (Å²) in [6.45, 7) is 17.2. The Labute approximate surface area is 157 Å². The molecule has 1 aliphatic heterocycles. The molecule has 0 fully saturated rings. The third-order valence-corrected chi connectivity index (χ3v) is 5.64. The molecule has 2 heteroatoms. The van der Waals surface area contributed by atoms with E-state index in [1.54, 1.807) is 0 Å². The van der Waals surface area contributed by atoms with Crippen LogP contribution in [0.5, 0.6) is 5.75 Å². The molecular weight excluding hydrogens is 320 g/mol. The molecule has 3 rings (SSSR count). The Bertz CT molecular complexity index is 878. The van der Waals surface area contributed by atoms with E-state index in [9.17, 15) is 4.79 Å². The van der Waals surface area contributed by atoms with Crippen molar-refractivity contribution in [1.29, 1.82) is 0 Å². The highest BCUT2D eigenvalue weighted by Crippen LogP contribution is 2.57. The van der Waals surface area contributed by atoms with Gasteiger partial charge in [-0.3, -0.25) is 4.79 Å². The maximum Gasteiger partial charge on any atom is 0.327 e. The smallest absolute Gasteiger partial charge is 0.327 e. The van der Waals surface area contributed by atoms with Crippen LogP contribution in [0.15, 0.2) is 36.4 Å². The van der Waals surface area contributed by atoms with E-state index >= 15 is 0 Å². The molecule has 1 heterocycles. The monoisotopic (exact) mass is 350 g/mol. The molecule has 1 atom stereocenters. The first-order valence-corrected chi connectivity index (χ1v) is 9.34. The summed E-state index contributed by atoms with van der Waals surface area (Å²) >= 11 is 0. The predicted molar refractivity (Wildman–Crippen MR) is 107 cm³/mol. The molecule has 0 saturated heterocycles. The first kappa shape index (κ1) is 18.7. The Balaban J connectivity index is 2.51. The van der Waals surface area contributed by atoms with Crippen LogP contribution in [-0.2, 0) is 15.6 Å². The lowest BCUT2D eigenvalue weighted by Crippen LogP contribution is -2.48. The number of benzene rings is 2. The first-order valence-electron chi connectivity index (χ1n) is 9.34. The molecule has 1 aliphatic rings. The van der Waals surface area contributed by atoms with Gasteiger partial charge in [0.25, 0.3) is 0 Å². The Morgan fingerprint density at radius 1 is 0.923 bits per heavy atom. The molecule has 0 aliphatic carbocycles. The summed E-state index contributed by atoms with van der Waals surface area (Å²) in [5.74, 6) is 0.545. The van der Waals surface area contributed by atoms with Crippen molar-refractivity contribution in [3.63, 3.8) is 0 Å². The molecule has 2 aromatic carbocycles. The molecule has 0 spiro atoms. The molecule has 2 nitrogen and oxygen atoms in total. The molecule has 2 aromatic rings. The predicted octanol–water partition coefficient (Wildman–Crippen LogP) is 5.85. The summed E-state index contributed by atoms with van der Waals surface area (Å²) in [5.41, 5.74) is 4.31. The highest BCUT2D eigenvalue weighted by Gasteiger charge is 2.59. The van der Waals surface area contributed by atoms with Crippen molar-refractivity contribution in [2.75, 3.05) is 0 Å². The summed E-state index contributed by atoms with van der Waals surface area (Å²) in [6.07, 6.45) is 0. The fourth-order valence-electron chi connectivity index (χ4n) is 4.38. The third kappa shape index (κ3) is 2.50. The van der Waals surface area contributed by atoms with Gasteiger partial charge in [0.1, 0.15) is 11.2 Å². The summed E-state index contributed by atoms with van der Waals surface area (Å²) in [6, 6.07) is 12.5. The quantitative estimate of drug-likeness (QED) is 0.476. The van der Waals surface area contributed by atoms with Crippen molar-refractivity contribution in [2.24, 2.45) is 5.41 Å². The van der Waals surface area contributed by atoms with Gasteiger partial charge in [0.15, 0.2) is 0 Å². The Hall–Kier alpha value is -2.09. The van der Waals surface area contributed by atoms with Crippen LogP contribution in [-0.4, -0.2) is 5.97 Å². The summed E-state index contributed by atoms with van der Waals surface area (Å²) < 4.78 is 5.90. The van der Waals surface area contributed by atoms with Crippen LogP contribution in [0, 0.1) is 19.3 Å². The normalized spacial score (nSPS) is 20.1. The van der Waals surface area contributed by atoms with Crippen LogP contribution in [0.3, 0.4) is 0 Å². The van der Waals surface area contributed by atoms with E-state index in [1.165, 1.54) is 5.56 Å². The Morgan fingerprint density at radius 3 is 2.15 bits per heavy atom. The number of aryl methyl sites for hydroxylation is 2.